The third-order valence-electron chi connectivity index (χ3n) is 22.0. The first kappa shape index (κ1) is 63.9. The van der Waals surface area contributed by atoms with Gasteiger partial charge in [0.2, 0.25) is 0 Å². The minimum atomic E-state index is -0.202. The number of rotatable bonds is 14. The van der Waals surface area contributed by atoms with Gasteiger partial charge in [0, 0.05) is 84.3 Å². The zero-order chi connectivity index (χ0) is 72.3. The van der Waals surface area contributed by atoms with E-state index in [1.165, 1.54) is 61.2 Å². The van der Waals surface area contributed by atoms with Crippen LogP contribution in [0.5, 0.6) is 0 Å². The fraction of sp³-hybridized carbons (Fsp3) is 0.0297. The molecule has 4 aromatic heterocycles. The van der Waals surface area contributed by atoms with Crippen LogP contribution in [-0.2, 0) is 5.41 Å². The number of anilines is 6. The molecule has 0 amide bonds. The van der Waals surface area contributed by atoms with E-state index in [0.717, 1.165) is 147 Å². The summed E-state index contributed by atoms with van der Waals surface area (Å²) < 4.78 is 15.6. The highest BCUT2D eigenvalue weighted by molar-refractivity contribution is 7.22. The molecule has 0 N–H and O–H groups in total. The van der Waals surface area contributed by atoms with E-state index in [4.69, 9.17) is 18.8 Å². The Balaban J connectivity index is 0.548. The zero-order valence-electron chi connectivity index (χ0n) is 59.6. The molecule has 0 radical (unpaired) electrons. The number of furan rings is 2. The smallest absolute Gasteiger partial charge is 0.137 e. The van der Waals surface area contributed by atoms with E-state index in [-0.39, 0.29) is 5.41 Å². The van der Waals surface area contributed by atoms with Crippen molar-refractivity contribution in [3.05, 3.63) is 375 Å². The lowest BCUT2D eigenvalue weighted by atomic mass is 9.82. The maximum atomic E-state index is 6.71. The lowest BCUT2D eigenvalue weighted by molar-refractivity contribution is 0.660. The summed E-state index contributed by atoms with van der Waals surface area (Å²) in [5, 5.41) is 6.35. The molecule has 0 fully saturated rings. The lowest BCUT2D eigenvalue weighted by Crippen LogP contribution is -2.15. The van der Waals surface area contributed by atoms with Gasteiger partial charge < -0.3 is 18.6 Å². The number of aromatic nitrogens is 2. The molecule has 1 aliphatic rings. The number of thiazole rings is 2. The van der Waals surface area contributed by atoms with Gasteiger partial charge >= 0.3 is 0 Å². The minimum absolute atomic E-state index is 0.202. The molecule has 0 aliphatic heterocycles. The number of fused-ring (bicyclic) bond motifs is 11. The molecule has 0 atom stereocenters. The molecule has 514 valence electrons. The number of benzene rings is 16. The molecular weight excluding hydrogens is 1370 g/mol. The van der Waals surface area contributed by atoms with Crippen LogP contribution in [0.1, 0.15) is 25.0 Å². The summed E-state index contributed by atoms with van der Waals surface area (Å²) in [6, 6.07) is 132. The average molecular weight is 1430 g/mol. The largest absolute Gasteiger partial charge is 0.456 e. The molecule has 0 unspecified atom stereocenters. The molecule has 6 nitrogen and oxygen atoms in total. The number of hydrogen-bond donors (Lipinski definition) is 0. The Kier molecular flexibility index (Phi) is 15.2. The van der Waals surface area contributed by atoms with Crippen molar-refractivity contribution in [3.63, 3.8) is 0 Å². The second-order valence-corrected chi connectivity index (χ2v) is 30.9. The van der Waals surface area contributed by atoms with Gasteiger partial charge in [-0.2, -0.15) is 0 Å². The Hall–Kier alpha value is -13.5. The van der Waals surface area contributed by atoms with Crippen LogP contribution in [0.3, 0.4) is 0 Å². The molecule has 21 rings (SSSR count). The fourth-order valence-electron chi connectivity index (χ4n) is 16.3. The first-order valence-electron chi connectivity index (χ1n) is 37.0. The topological polar surface area (TPSA) is 58.5 Å². The maximum absolute atomic E-state index is 6.71. The number of nitrogens with zero attached hydrogens (tertiary/aromatic N) is 4. The van der Waals surface area contributed by atoms with Crippen molar-refractivity contribution < 1.29 is 8.83 Å². The van der Waals surface area contributed by atoms with Crippen molar-refractivity contribution in [3.8, 4) is 99.0 Å². The van der Waals surface area contributed by atoms with Gasteiger partial charge in [-0.25, -0.2) is 9.97 Å². The third-order valence-corrected chi connectivity index (χ3v) is 24.1. The minimum Gasteiger partial charge on any atom is -0.456 e. The standard InChI is InChI=1S/C101H66N4O2S2/c1-101(2)89-53-39-74(55-85(89)86-58-82(50-54-90(86)101)105(80-44-31-68(32-45-80)65-19-11-5-12-20-65)81-48-35-71(36-49-81)76-38-52-83-87-59-97-91(61-95(87)106-94(83)57-76)102-99(108-97)72-21-13-6-14-22-72)69-23-25-73(26-24-69)100-103-92-62-96-88(60-98(92)109-100)84-51-37-75(56-93(84)107-96)70-33-46-79(47-34-70)104(77-40-27-66(28-41-77)63-15-7-3-8-16-63)78-42-29-67(30-43-78)64-17-9-4-10-18-64/h3-62H,1-2H3. The van der Waals surface area contributed by atoms with Gasteiger partial charge in [-0.15, -0.1) is 22.7 Å². The van der Waals surface area contributed by atoms with Crippen molar-refractivity contribution in [2.45, 2.75) is 19.3 Å². The Morgan fingerprint density at radius 3 is 0.917 bits per heavy atom. The van der Waals surface area contributed by atoms with Crippen LogP contribution in [0.15, 0.2) is 373 Å². The van der Waals surface area contributed by atoms with E-state index >= 15 is 0 Å². The second kappa shape index (κ2) is 25.9. The summed E-state index contributed by atoms with van der Waals surface area (Å²) in [6.07, 6.45) is 0. The highest BCUT2D eigenvalue weighted by Gasteiger charge is 2.36. The zero-order valence-corrected chi connectivity index (χ0v) is 61.2. The van der Waals surface area contributed by atoms with Gasteiger partial charge in [-0.05, 0) is 204 Å². The van der Waals surface area contributed by atoms with Crippen LogP contribution in [0.4, 0.5) is 34.1 Å². The molecule has 20 aromatic rings. The lowest BCUT2D eigenvalue weighted by Gasteiger charge is -2.27. The summed E-state index contributed by atoms with van der Waals surface area (Å²) in [5.74, 6) is 0. The number of hydrogen-bond acceptors (Lipinski definition) is 8. The highest BCUT2D eigenvalue weighted by Crippen LogP contribution is 2.53. The Morgan fingerprint density at radius 1 is 0.239 bits per heavy atom. The molecule has 8 heteroatoms. The van der Waals surface area contributed by atoms with Gasteiger partial charge in [0.25, 0.3) is 0 Å². The molecular formula is C101H66N4O2S2. The molecule has 1 aliphatic carbocycles. The fourth-order valence-corrected chi connectivity index (χ4v) is 18.2. The quantitative estimate of drug-likeness (QED) is 0.108. The molecule has 0 saturated heterocycles. The molecule has 0 saturated carbocycles. The summed E-state index contributed by atoms with van der Waals surface area (Å²) in [4.78, 5) is 15.0. The van der Waals surface area contributed by atoms with E-state index in [1.807, 2.05) is 6.07 Å². The van der Waals surface area contributed by atoms with Crippen LogP contribution < -0.4 is 9.80 Å². The average Bonchev–Trinajstić information content (AvgIpc) is 1.58. The molecule has 4 heterocycles. The Bertz CT molecular complexity index is 6790. The second-order valence-electron chi connectivity index (χ2n) is 28.9. The maximum Gasteiger partial charge on any atom is 0.137 e. The molecule has 0 bridgehead atoms. The summed E-state index contributed by atoms with van der Waals surface area (Å²) in [5.41, 5.74) is 32.7. The summed E-state index contributed by atoms with van der Waals surface area (Å²) in [7, 11) is 0. The third kappa shape index (κ3) is 11.4. The molecule has 109 heavy (non-hydrogen) atoms. The first-order valence-corrected chi connectivity index (χ1v) is 38.6. The summed E-state index contributed by atoms with van der Waals surface area (Å²) in [6.45, 7) is 4.72. The van der Waals surface area contributed by atoms with Gasteiger partial charge in [0.15, 0.2) is 0 Å². The van der Waals surface area contributed by atoms with E-state index in [0.29, 0.717) is 0 Å². The van der Waals surface area contributed by atoms with Crippen LogP contribution in [-0.4, -0.2) is 9.97 Å². The van der Waals surface area contributed by atoms with E-state index in [1.54, 1.807) is 22.7 Å². The van der Waals surface area contributed by atoms with Gasteiger partial charge in [-0.3, -0.25) is 0 Å². The van der Waals surface area contributed by atoms with Crippen molar-refractivity contribution in [2.75, 3.05) is 9.80 Å². The SMILES string of the molecule is CC1(C)c2ccc(-c3ccc(-c4nc5cc6oc7cc(-c8ccc(N(c9ccc(-c%10ccccc%10)cc9)c9ccc(-c%10ccccc%10)cc9)cc8)ccc7c6cc5s4)cc3)cc2-c2cc(N(c3ccc(-c4ccccc4)cc3)c3ccc(-c4ccc5c(c4)oc4cc6nc(-c7ccccc7)sc6cc45)cc3)ccc21. The van der Waals surface area contributed by atoms with Crippen LogP contribution in [0.2, 0.25) is 0 Å². The first-order chi connectivity index (χ1) is 53.7. The highest BCUT2D eigenvalue weighted by atomic mass is 32.1. The monoisotopic (exact) mass is 1430 g/mol. The molecule has 16 aromatic carbocycles. The van der Waals surface area contributed by atoms with Gasteiger partial charge in [0.05, 0.1) is 20.4 Å². The predicted octanol–water partition coefficient (Wildman–Crippen LogP) is 29.3. The van der Waals surface area contributed by atoms with Crippen molar-refractivity contribution in [2.24, 2.45) is 0 Å². The van der Waals surface area contributed by atoms with Crippen molar-refractivity contribution >= 4 is 121 Å². The summed E-state index contributed by atoms with van der Waals surface area (Å²) >= 11 is 3.44. The Labute approximate surface area is 638 Å². The normalized spacial score (nSPS) is 12.4. The van der Waals surface area contributed by atoms with E-state index in [9.17, 15) is 0 Å². The Morgan fingerprint density at radius 2 is 0.514 bits per heavy atom. The van der Waals surface area contributed by atoms with E-state index in [2.05, 4.69) is 382 Å². The van der Waals surface area contributed by atoms with Crippen molar-refractivity contribution in [1.82, 2.24) is 9.97 Å². The van der Waals surface area contributed by atoms with Crippen LogP contribution in [0.25, 0.3) is 163 Å². The van der Waals surface area contributed by atoms with Crippen LogP contribution >= 0.6 is 22.7 Å². The van der Waals surface area contributed by atoms with Gasteiger partial charge in [0.1, 0.15) is 32.3 Å². The van der Waals surface area contributed by atoms with Gasteiger partial charge in [-0.1, -0.05) is 250 Å². The molecule has 0 spiro atoms. The van der Waals surface area contributed by atoms with Crippen LogP contribution in [0, 0.1) is 0 Å². The van der Waals surface area contributed by atoms with E-state index < -0.39 is 0 Å². The predicted molar refractivity (Wildman–Crippen MR) is 458 cm³/mol. The van der Waals surface area contributed by atoms with Crippen molar-refractivity contribution in [1.29, 1.82) is 0 Å².